The van der Waals surface area contributed by atoms with Gasteiger partial charge in [-0.2, -0.15) is 26.3 Å². The summed E-state index contributed by atoms with van der Waals surface area (Å²) in [4.78, 5) is 14.2. The fourth-order valence-electron chi connectivity index (χ4n) is 3.49. The molecule has 0 N–H and O–H groups in total. The van der Waals surface area contributed by atoms with Crippen LogP contribution in [0.5, 0.6) is 5.75 Å². The number of alkyl halides is 6. The highest BCUT2D eigenvalue weighted by atomic mass is 32.2. The van der Waals surface area contributed by atoms with Gasteiger partial charge in [0.1, 0.15) is 5.75 Å². The summed E-state index contributed by atoms with van der Waals surface area (Å²) in [6.45, 7) is 0.982. The molecule has 1 aliphatic heterocycles. The Labute approximate surface area is 203 Å². The predicted octanol–water partition coefficient (Wildman–Crippen LogP) is 4.87. The fraction of sp³-hybridized carbons (Fsp3) is 0.435. The number of amides is 1. The minimum atomic E-state index is -4.71. The fourth-order valence-corrected chi connectivity index (χ4v) is 4.14. The number of nitrogens with zero attached hydrogens (tertiary/aromatic N) is 1. The lowest BCUT2D eigenvalue weighted by atomic mass is 10.1. The first-order valence-electron chi connectivity index (χ1n) is 10.7. The predicted molar refractivity (Wildman–Crippen MR) is 116 cm³/mol. The van der Waals surface area contributed by atoms with E-state index in [1.54, 1.807) is 0 Å². The van der Waals surface area contributed by atoms with Crippen molar-refractivity contribution < 1.29 is 49.0 Å². The Bertz CT molecular complexity index is 1190. The van der Waals surface area contributed by atoms with E-state index in [4.69, 9.17) is 9.47 Å². The molecule has 13 heteroatoms. The Balaban J connectivity index is 1.72. The average molecular weight is 539 g/mol. The van der Waals surface area contributed by atoms with Crippen molar-refractivity contribution in [2.45, 2.75) is 49.4 Å². The van der Waals surface area contributed by atoms with Gasteiger partial charge < -0.3 is 14.4 Å². The summed E-state index contributed by atoms with van der Waals surface area (Å²) in [6, 6.07) is 7.48. The van der Waals surface area contributed by atoms with Crippen LogP contribution in [-0.4, -0.2) is 57.0 Å². The first kappa shape index (κ1) is 27.8. The largest absolute Gasteiger partial charge is 0.480 e. The van der Waals surface area contributed by atoms with Crippen molar-refractivity contribution in [3.05, 3.63) is 59.2 Å². The van der Waals surface area contributed by atoms with Crippen molar-refractivity contribution in [3.63, 3.8) is 0 Å². The highest BCUT2D eigenvalue weighted by Gasteiger charge is 2.39. The van der Waals surface area contributed by atoms with Crippen LogP contribution in [0.25, 0.3) is 0 Å². The van der Waals surface area contributed by atoms with Gasteiger partial charge in [-0.3, -0.25) is 4.79 Å². The van der Waals surface area contributed by atoms with Gasteiger partial charge in [-0.1, -0.05) is 12.1 Å². The molecule has 2 atom stereocenters. The zero-order valence-corrected chi connectivity index (χ0v) is 20.0. The van der Waals surface area contributed by atoms with Crippen LogP contribution in [0.4, 0.5) is 26.3 Å². The van der Waals surface area contributed by atoms with Crippen LogP contribution < -0.4 is 4.74 Å². The van der Waals surface area contributed by atoms with Gasteiger partial charge in [-0.15, -0.1) is 0 Å². The van der Waals surface area contributed by atoms with E-state index in [1.807, 2.05) is 0 Å². The van der Waals surface area contributed by atoms with Crippen LogP contribution >= 0.6 is 0 Å². The number of carbonyl (C=O) groups is 1. The minimum absolute atomic E-state index is 0.00808. The van der Waals surface area contributed by atoms with Crippen LogP contribution in [-0.2, 0) is 27.4 Å². The number of hydrogen-bond donors (Lipinski definition) is 0. The Kier molecular flexibility index (Phi) is 7.94. The zero-order valence-electron chi connectivity index (χ0n) is 19.2. The standard InChI is InChI=1S/C23H23F6NO5S/c1-14(22(24,25)26)35-20-8-7-18(36(2,32)33)11-19(20)21(31)30-10-9-17(12-30)34-13-15-3-5-16(6-4-15)23(27,28)29/h3-8,11,14,17H,9-10,12-13H2,1-2H3/t14-,17?/m0/s1. The molecule has 0 aromatic heterocycles. The average Bonchev–Trinajstić information content (AvgIpc) is 3.25. The molecule has 0 bridgehead atoms. The molecule has 0 saturated carbocycles. The smallest absolute Gasteiger partial charge is 0.425 e. The minimum Gasteiger partial charge on any atom is -0.480 e. The SMILES string of the molecule is C[C@H](Oc1ccc(S(C)(=O)=O)cc1C(=O)N1CCC(OCc2ccc(C(F)(F)F)cc2)C1)C(F)(F)F. The van der Waals surface area contributed by atoms with Crippen molar-refractivity contribution in [1.29, 1.82) is 0 Å². The number of ether oxygens (including phenoxy) is 2. The molecular weight excluding hydrogens is 516 g/mol. The van der Waals surface area contributed by atoms with E-state index in [-0.39, 0.29) is 30.2 Å². The van der Waals surface area contributed by atoms with Crippen molar-refractivity contribution in [1.82, 2.24) is 4.90 Å². The summed E-state index contributed by atoms with van der Waals surface area (Å²) in [5.41, 5.74) is -0.638. The van der Waals surface area contributed by atoms with Crippen LogP contribution in [0.15, 0.2) is 47.4 Å². The van der Waals surface area contributed by atoms with E-state index in [9.17, 15) is 39.6 Å². The molecule has 36 heavy (non-hydrogen) atoms. The molecule has 1 unspecified atom stereocenters. The van der Waals surface area contributed by atoms with E-state index in [1.165, 1.54) is 17.0 Å². The van der Waals surface area contributed by atoms with E-state index >= 15 is 0 Å². The topological polar surface area (TPSA) is 72.9 Å². The molecule has 6 nitrogen and oxygen atoms in total. The number of likely N-dealkylation sites (tertiary alicyclic amines) is 1. The summed E-state index contributed by atoms with van der Waals surface area (Å²) in [7, 11) is -3.76. The summed E-state index contributed by atoms with van der Waals surface area (Å²) < 4.78 is 112. The van der Waals surface area contributed by atoms with Crippen LogP contribution in [0.2, 0.25) is 0 Å². The van der Waals surface area contributed by atoms with E-state index in [0.29, 0.717) is 12.0 Å². The molecule has 1 saturated heterocycles. The molecule has 0 aliphatic carbocycles. The quantitative estimate of drug-likeness (QED) is 0.470. The molecule has 2 aromatic rings. The monoisotopic (exact) mass is 539 g/mol. The molecule has 1 heterocycles. The van der Waals surface area contributed by atoms with Gasteiger partial charge in [0.25, 0.3) is 5.91 Å². The molecule has 1 amide bonds. The first-order valence-corrected chi connectivity index (χ1v) is 12.6. The molecule has 0 spiro atoms. The van der Waals surface area contributed by atoms with Gasteiger partial charge in [-0.25, -0.2) is 8.42 Å². The Morgan fingerprint density at radius 1 is 1.08 bits per heavy atom. The molecular formula is C23H23F6NO5S. The van der Waals surface area contributed by atoms with Crippen LogP contribution in [0.1, 0.15) is 34.8 Å². The molecule has 2 aromatic carbocycles. The van der Waals surface area contributed by atoms with Gasteiger partial charge >= 0.3 is 12.4 Å². The normalized spacial score (nSPS) is 17.8. The summed E-state index contributed by atoms with van der Waals surface area (Å²) in [5.74, 6) is -1.14. The molecule has 1 fully saturated rings. The third-order valence-electron chi connectivity index (χ3n) is 5.57. The number of sulfone groups is 1. The lowest BCUT2D eigenvalue weighted by molar-refractivity contribution is -0.189. The number of hydrogen-bond acceptors (Lipinski definition) is 5. The second-order valence-electron chi connectivity index (χ2n) is 8.40. The van der Waals surface area contributed by atoms with Crippen molar-refractivity contribution >= 4 is 15.7 Å². The van der Waals surface area contributed by atoms with Gasteiger partial charge in [0, 0.05) is 19.3 Å². The third kappa shape index (κ3) is 6.90. The lowest BCUT2D eigenvalue weighted by Crippen LogP contribution is -2.34. The second kappa shape index (κ2) is 10.3. The zero-order chi connectivity index (χ0) is 26.9. The molecule has 0 radical (unpaired) electrons. The van der Waals surface area contributed by atoms with Crippen molar-refractivity contribution in [2.24, 2.45) is 0 Å². The number of benzene rings is 2. The Morgan fingerprint density at radius 2 is 1.72 bits per heavy atom. The van der Waals surface area contributed by atoms with Crippen molar-refractivity contribution in [3.8, 4) is 5.75 Å². The van der Waals surface area contributed by atoms with Gasteiger partial charge in [-0.05, 0) is 49.2 Å². The maximum absolute atomic E-state index is 13.1. The summed E-state index contributed by atoms with van der Waals surface area (Å²) in [5, 5.41) is 0. The summed E-state index contributed by atoms with van der Waals surface area (Å²) >= 11 is 0. The van der Waals surface area contributed by atoms with E-state index < -0.39 is 51.6 Å². The second-order valence-corrected chi connectivity index (χ2v) is 10.4. The van der Waals surface area contributed by atoms with E-state index in [0.717, 1.165) is 43.5 Å². The van der Waals surface area contributed by atoms with Gasteiger partial charge in [0.2, 0.25) is 0 Å². The number of rotatable bonds is 7. The highest BCUT2D eigenvalue weighted by Crippen LogP contribution is 2.31. The number of halogens is 6. The maximum Gasteiger partial charge on any atom is 0.425 e. The number of carbonyl (C=O) groups excluding carboxylic acids is 1. The van der Waals surface area contributed by atoms with E-state index in [2.05, 4.69) is 0 Å². The Hall–Kier alpha value is -2.80. The maximum atomic E-state index is 13.1. The summed E-state index contributed by atoms with van der Waals surface area (Å²) in [6.07, 6.45) is -10.6. The first-order chi connectivity index (χ1) is 16.6. The molecule has 198 valence electrons. The third-order valence-corrected chi connectivity index (χ3v) is 6.68. The van der Waals surface area contributed by atoms with Gasteiger partial charge in [0.05, 0.1) is 28.7 Å². The van der Waals surface area contributed by atoms with Crippen LogP contribution in [0.3, 0.4) is 0 Å². The lowest BCUT2D eigenvalue weighted by Gasteiger charge is -2.22. The molecule has 3 rings (SSSR count). The highest BCUT2D eigenvalue weighted by molar-refractivity contribution is 7.90. The van der Waals surface area contributed by atoms with Gasteiger partial charge in [0.15, 0.2) is 15.9 Å². The van der Waals surface area contributed by atoms with Crippen molar-refractivity contribution in [2.75, 3.05) is 19.3 Å². The Morgan fingerprint density at radius 3 is 2.28 bits per heavy atom. The van der Waals surface area contributed by atoms with Crippen LogP contribution in [0, 0.1) is 0 Å². The molecule has 1 aliphatic rings.